The van der Waals surface area contributed by atoms with E-state index in [-0.39, 0.29) is 37.6 Å². The molecule has 0 fully saturated rings. The van der Waals surface area contributed by atoms with E-state index >= 15 is 0 Å². The molecule has 0 saturated heterocycles. The average molecular weight is 515 g/mol. The van der Waals surface area contributed by atoms with Crippen LogP contribution in [-0.4, -0.2) is 57.8 Å². The molecule has 0 saturated carbocycles. The molecule has 2 aromatic rings. The van der Waals surface area contributed by atoms with Crippen molar-refractivity contribution in [3.8, 4) is 0 Å². The Labute approximate surface area is 221 Å². The van der Waals surface area contributed by atoms with Crippen LogP contribution in [0.15, 0.2) is 97.0 Å². The van der Waals surface area contributed by atoms with Gasteiger partial charge in [0.05, 0.1) is 31.1 Å². The maximum atomic E-state index is 13.8. The van der Waals surface area contributed by atoms with Crippen molar-refractivity contribution in [2.75, 3.05) is 35.2 Å². The minimum Gasteiger partial charge on any atom is -0.403 e. The van der Waals surface area contributed by atoms with E-state index in [1.807, 2.05) is 0 Å². The van der Waals surface area contributed by atoms with Gasteiger partial charge in [-0.3, -0.25) is 9.79 Å². The Morgan fingerprint density at radius 2 is 2.05 bits per heavy atom. The number of aliphatic hydroxyl groups excluding tert-OH is 1. The van der Waals surface area contributed by atoms with Gasteiger partial charge >= 0.3 is 6.03 Å². The van der Waals surface area contributed by atoms with Crippen LogP contribution in [0.1, 0.15) is 5.56 Å². The summed E-state index contributed by atoms with van der Waals surface area (Å²) in [6.45, 7) is 11.7. The van der Waals surface area contributed by atoms with Crippen LogP contribution in [0.25, 0.3) is 0 Å². The molecule has 2 heterocycles. The van der Waals surface area contributed by atoms with Crippen LogP contribution in [-0.2, 0) is 11.3 Å². The lowest BCUT2D eigenvalue weighted by Crippen LogP contribution is -2.46. The number of nitrogens with one attached hydrogen (secondary N) is 2. The average Bonchev–Trinajstić information content (AvgIpc) is 2.92. The van der Waals surface area contributed by atoms with Gasteiger partial charge in [0.2, 0.25) is 11.9 Å². The fourth-order valence-corrected chi connectivity index (χ4v) is 3.56. The molecule has 0 aliphatic carbocycles. The molecule has 3 amide bonds. The van der Waals surface area contributed by atoms with Gasteiger partial charge in [0.25, 0.3) is 0 Å². The van der Waals surface area contributed by atoms with Crippen LogP contribution < -0.4 is 21.3 Å². The number of allylic oxidation sites excluding steroid dienone is 3. The van der Waals surface area contributed by atoms with Gasteiger partial charge in [0, 0.05) is 36.4 Å². The first-order valence-electron chi connectivity index (χ1n) is 11.7. The van der Waals surface area contributed by atoms with Crippen molar-refractivity contribution in [2.24, 2.45) is 10.7 Å². The van der Waals surface area contributed by atoms with Crippen molar-refractivity contribution >= 4 is 41.3 Å². The first-order chi connectivity index (χ1) is 18.4. The number of rotatable bonds is 12. The highest BCUT2D eigenvalue weighted by atomic mass is 16.3. The second kappa shape index (κ2) is 13.3. The maximum absolute atomic E-state index is 13.8. The number of aromatic nitrogens is 2. The number of fused-ring (bicyclic) bond motifs is 1. The predicted octanol–water partition coefficient (Wildman–Crippen LogP) is 3.25. The lowest BCUT2D eigenvalue weighted by atomic mass is 10.1. The molecular weight excluding hydrogens is 484 g/mol. The zero-order valence-electron chi connectivity index (χ0n) is 20.9. The molecule has 38 heavy (non-hydrogen) atoms. The number of nitrogens with two attached hydrogens (primary N) is 1. The van der Waals surface area contributed by atoms with Crippen LogP contribution in [0.2, 0.25) is 0 Å². The number of carbonyl (C=O) groups excluding carboxylic acids is 2. The van der Waals surface area contributed by atoms with Crippen molar-refractivity contribution in [1.29, 1.82) is 0 Å². The molecule has 11 nitrogen and oxygen atoms in total. The molecule has 196 valence electrons. The van der Waals surface area contributed by atoms with E-state index in [9.17, 15) is 9.59 Å². The van der Waals surface area contributed by atoms with E-state index in [1.165, 1.54) is 17.3 Å². The molecule has 1 aromatic heterocycles. The zero-order chi connectivity index (χ0) is 27.5. The maximum Gasteiger partial charge on any atom is 0.330 e. The number of aliphatic hydroxyl groups is 1. The highest BCUT2D eigenvalue weighted by Crippen LogP contribution is 2.35. The summed E-state index contributed by atoms with van der Waals surface area (Å²) in [5.74, 6) is 0.182. The van der Waals surface area contributed by atoms with Crippen molar-refractivity contribution < 1.29 is 14.7 Å². The fraction of sp³-hybridized carbons (Fsp3) is 0.148. The Bertz CT molecular complexity index is 1320. The minimum absolute atomic E-state index is 0.0981. The van der Waals surface area contributed by atoms with E-state index in [0.717, 1.165) is 11.6 Å². The number of benzene rings is 1. The number of amides is 3. The first-order valence-corrected chi connectivity index (χ1v) is 11.7. The fourth-order valence-electron chi connectivity index (χ4n) is 3.56. The van der Waals surface area contributed by atoms with Gasteiger partial charge < -0.3 is 26.4 Å². The molecule has 0 bridgehead atoms. The van der Waals surface area contributed by atoms with Crippen LogP contribution in [0.5, 0.6) is 0 Å². The summed E-state index contributed by atoms with van der Waals surface area (Å²) >= 11 is 0. The van der Waals surface area contributed by atoms with Crippen LogP contribution in [0, 0.1) is 0 Å². The number of aliphatic imine (C=N–C) groups is 1. The normalized spacial score (nSPS) is 13.8. The van der Waals surface area contributed by atoms with E-state index < -0.39 is 0 Å². The van der Waals surface area contributed by atoms with Crippen LogP contribution in [0.3, 0.4) is 0 Å². The number of hydrogen-bond donors (Lipinski definition) is 4. The summed E-state index contributed by atoms with van der Waals surface area (Å²) in [5, 5.41) is 14.6. The Hall–Kier alpha value is -5.03. The van der Waals surface area contributed by atoms with Crippen molar-refractivity contribution in [3.05, 3.63) is 97.5 Å². The quantitative estimate of drug-likeness (QED) is 0.193. The lowest BCUT2D eigenvalue weighted by Gasteiger charge is -2.36. The van der Waals surface area contributed by atoms with Gasteiger partial charge in [-0.05, 0) is 29.8 Å². The number of nitrogens with zero attached hydrogens (tertiary/aromatic N) is 5. The third kappa shape index (κ3) is 6.80. The standard InChI is InChI=1S/C27H30N8O3/c1-4-8-19(5-2)17-34-18-20-15-30-26(32-22(14-28)16-29-11-12-36)33-25(20)35(27(34)38)23-10-7-9-21(13-23)31-24(37)6-3/h4-10,13-16,36H,1-3,11-12,17-18,28H2,(H,31,37)(H,30,32,33)/b19-8+,22-14+,29-16?. The van der Waals surface area contributed by atoms with Gasteiger partial charge in [0.15, 0.2) is 5.82 Å². The van der Waals surface area contributed by atoms with Gasteiger partial charge in [-0.25, -0.2) is 14.7 Å². The van der Waals surface area contributed by atoms with Crippen molar-refractivity contribution in [2.45, 2.75) is 6.54 Å². The summed E-state index contributed by atoms with van der Waals surface area (Å²) in [7, 11) is 0. The number of carbonyl (C=O) groups is 2. The second-order valence-electron chi connectivity index (χ2n) is 7.95. The molecule has 0 spiro atoms. The number of anilines is 4. The van der Waals surface area contributed by atoms with Crippen LogP contribution >= 0.6 is 0 Å². The second-order valence-corrected chi connectivity index (χ2v) is 7.95. The smallest absolute Gasteiger partial charge is 0.330 e. The van der Waals surface area contributed by atoms with Crippen molar-refractivity contribution in [3.63, 3.8) is 0 Å². The third-order valence-corrected chi connectivity index (χ3v) is 5.30. The van der Waals surface area contributed by atoms with E-state index in [1.54, 1.807) is 53.6 Å². The SMILES string of the molecule is C=C/C=C(\C=C)CN1Cc2cnc(N/C(C=NCCO)=C/N)nc2N(c2cccc(NC(=O)C=C)c2)C1=O. The monoisotopic (exact) mass is 514 g/mol. The summed E-state index contributed by atoms with van der Waals surface area (Å²) in [6, 6.07) is 6.51. The molecule has 1 aliphatic heterocycles. The molecule has 1 aliphatic rings. The molecule has 0 radical (unpaired) electrons. The third-order valence-electron chi connectivity index (χ3n) is 5.30. The predicted molar refractivity (Wildman–Crippen MR) is 150 cm³/mol. The van der Waals surface area contributed by atoms with E-state index in [2.05, 4.69) is 45.3 Å². The molecule has 1 aromatic carbocycles. The highest BCUT2D eigenvalue weighted by molar-refractivity contribution is 6.03. The Balaban J connectivity index is 2.05. The van der Waals surface area contributed by atoms with Gasteiger partial charge in [-0.1, -0.05) is 44.0 Å². The first kappa shape index (κ1) is 27.6. The summed E-state index contributed by atoms with van der Waals surface area (Å²) in [5.41, 5.74) is 8.57. The van der Waals surface area contributed by atoms with E-state index in [4.69, 9.17) is 10.8 Å². The van der Waals surface area contributed by atoms with Gasteiger partial charge in [-0.2, -0.15) is 4.98 Å². The van der Waals surface area contributed by atoms with Gasteiger partial charge in [0.1, 0.15) is 0 Å². The molecule has 11 heteroatoms. The highest BCUT2D eigenvalue weighted by Gasteiger charge is 2.33. The molecular formula is C27H30N8O3. The Kier molecular flexibility index (Phi) is 9.66. The molecule has 3 rings (SSSR count). The topological polar surface area (TPSA) is 149 Å². The summed E-state index contributed by atoms with van der Waals surface area (Å²) in [6.07, 6.45) is 10.6. The Morgan fingerprint density at radius 1 is 1.24 bits per heavy atom. The minimum atomic E-state index is -0.378. The summed E-state index contributed by atoms with van der Waals surface area (Å²) < 4.78 is 0. The van der Waals surface area contributed by atoms with E-state index in [0.29, 0.717) is 35.0 Å². The zero-order valence-corrected chi connectivity index (χ0v) is 20.9. The number of hydrogen-bond acceptors (Lipinski definition) is 8. The van der Waals surface area contributed by atoms with Gasteiger partial charge in [-0.15, -0.1) is 0 Å². The molecule has 0 atom stereocenters. The van der Waals surface area contributed by atoms with Crippen LogP contribution in [0.4, 0.5) is 27.9 Å². The molecule has 0 unspecified atom stereocenters. The number of urea groups is 1. The largest absolute Gasteiger partial charge is 0.403 e. The lowest BCUT2D eigenvalue weighted by molar-refractivity contribution is -0.111. The Morgan fingerprint density at radius 3 is 2.74 bits per heavy atom. The summed E-state index contributed by atoms with van der Waals surface area (Å²) in [4.78, 5) is 41.8. The van der Waals surface area contributed by atoms with Crippen molar-refractivity contribution in [1.82, 2.24) is 14.9 Å². The molecule has 5 N–H and O–H groups in total.